The number of fused-ring (bicyclic) bond motifs is 1. The summed E-state index contributed by atoms with van der Waals surface area (Å²) < 4.78 is 13.0. The minimum Gasteiger partial charge on any atom is -0.277 e. The standard InChI is InChI=1S/C18H18FNO2Si/c1-23(2,11-13-7-9-14(19)10-8-13)12-20-17(21)15-5-3-4-6-16(15)18(20)22/h3-10H,11-12H2,1-2H3. The molecule has 2 aromatic rings. The number of halogens is 1. The molecule has 0 aromatic heterocycles. The van der Waals surface area contributed by atoms with Gasteiger partial charge in [0, 0.05) is 6.17 Å². The summed E-state index contributed by atoms with van der Waals surface area (Å²) >= 11 is 0. The van der Waals surface area contributed by atoms with E-state index in [2.05, 4.69) is 13.1 Å². The second-order valence-corrected chi connectivity index (χ2v) is 11.7. The third kappa shape index (κ3) is 3.10. The number of benzene rings is 2. The van der Waals surface area contributed by atoms with Gasteiger partial charge in [-0.15, -0.1) is 0 Å². The molecule has 3 nitrogen and oxygen atoms in total. The minimum absolute atomic E-state index is 0.203. The van der Waals surface area contributed by atoms with Gasteiger partial charge in [0.2, 0.25) is 0 Å². The summed E-state index contributed by atoms with van der Waals surface area (Å²) in [6.45, 7) is 4.28. The number of amides is 2. The molecule has 0 unspecified atom stereocenters. The van der Waals surface area contributed by atoms with Crippen molar-refractivity contribution >= 4 is 19.9 Å². The first-order valence-corrected chi connectivity index (χ1v) is 11.0. The predicted octanol–water partition coefficient (Wildman–Crippen LogP) is 3.45. The zero-order valence-corrected chi connectivity index (χ0v) is 14.2. The van der Waals surface area contributed by atoms with E-state index in [9.17, 15) is 14.0 Å². The number of hydrogen-bond acceptors (Lipinski definition) is 2. The maximum absolute atomic E-state index is 13.0. The molecule has 0 saturated carbocycles. The van der Waals surface area contributed by atoms with Crippen LogP contribution in [0.5, 0.6) is 0 Å². The van der Waals surface area contributed by atoms with Gasteiger partial charge in [-0.1, -0.05) is 42.9 Å². The highest BCUT2D eigenvalue weighted by molar-refractivity contribution is 6.77. The maximum atomic E-state index is 13.0. The van der Waals surface area contributed by atoms with Gasteiger partial charge < -0.3 is 0 Å². The van der Waals surface area contributed by atoms with E-state index < -0.39 is 8.07 Å². The molecule has 2 aromatic carbocycles. The number of carbonyl (C=O) groups excluding carboxylic acids is 2. The van der Waals surface area contributed by atoms with Crippen LogP contribution in [-0.4, -0.2) is 31.0 Å². The van der Waals surface area contributed by atoms with Crippen molar-refractivity contribution in [1.82, 2.24) is 4.90 Å². The van der Waals surface area contributed by atoms with Crippen molar-refractivity contribution in [3.8, 4) is 0 Å². The summed E-state index contributed by atoms with van der Waals surface area (Å²) in [5.74, 6) is -0.663. The zero-order chi connectivity index (χ0) is 16.6. The first-order chi connectivity index (χ1) is 10.9. The van der Waals surface area contributed by atoms with Crippen molar-refractivity contribution in [1.29, 1.82) is 0 Å². The van der Waals surface area contributed by atoms with Crippen molar-refractivity contribution in [3.63, 3.8) is 0 Å². The second-order valence-electron chi connectivity index (χ2n) is 6.71. The summed E-state index contributed by atoms with van der Waals surface area (Å²) in [7, 11) is -1.89. The Balaban J connectivity index is 1.77. The van der Waals surface area contributed by atoms with Crippen molar-refractivity contribution in [2.75, 3.05) is 6.17 Å². The Morgan fingerprint density at radius 3 is 1.96 bits per heavy atom. The monoisotopic (exact) mass is 327 g/mol. The molecule has 1 aliphatic rings. The third-order valence-electron chi connectivity index (χ3n) is 4.06. The van der Waals surface area contributed by atoms with Gasteiger partial charge in [-0.2, -0.15) is 0 Å². The molecule has 0 aliphatic carbocycles. The van der Waals surface area contributed by atoms with Gasteiger partial charge in [-0.25, -0.2) is 4.39 Å². The lowest BCUT2D eigenvalue weighted by atomic mass is 10.1. The fourth-order valence-electron chi connectivity index (χ4n) is 3.02. The van der Waals surface area contributed by atoms with E-state index >= 15 is 0 Å². The van der Waals surface area contributed by atoms with Crippen LogP contribution in [0, 0.1) is 5.82 Å². The van der Waals surface area contributed by atoms with E-state index in [1.807, 2.05) is 0 Å². The van der Waals surface area contributed by atoms with Crippen LogP contribution >= 0.6 is 0 Å². The normalized spacial score (nSPS) is 14.3. The van der Waals surface area contributed by atoms with Crippen LogP contribution in [0.15, 0.2) is 48.5 Å². The Morgan fingerprint density at radius 1 is 0.913 bits per heavy atom. The summed E-state index contributed by atoms with van der Waals surface area (Å²) in [4.78, 5) is 26.3. The van der Waals surface area contributed by atoms with Crippen LogP contribution < -0.4 is 0 Å². The Kier molecular flexibility index (Phi) is 3.89. The minimum atomic E-state index is -1.89. The summed E-state index contributed by atoms with van der Waals surface area (Å²) in [6, 6.07) is 14.2. The number of hydrogen-bond donors (Lipinski definition) is 0. The van der Waals surface area contributed by atoms with Crippen LogP contribution in [0.3, 0.4) is 0 Å². The quantitative estimate of drug-likeness (QED) is 0.637. The zero-order valence-electron chi connectivity index (χ0n) is 13.2. The van der Waals surface area contributed by atoms with Crippen molar-refractivity contribution < 1.29 is 14.0 Å². The van der Waals surface area contributed by atoms with E-state index in [-0.39, 0.29) is 17.6 Å². The van der Waals surface area contributed by atoms with E-state index in [0.717, 1.165) is 11.6 Å². The molecule has 0 saturated heterocycles. The number of imide groups is 1. The van der Waals surface area contributed by atoms with Gasteiger partial charge in [-0.05, 0) is 30.3 Å². The predicted molar refractivity (Wildman–Crippen MR) is 89.4 cm³/mol. The van der Waals surface area contributed by atoms with Crippen LogP contribution in [0.25, 0.3) is 0 Å². The summed E-state index contributed by atoms with van der Waals surface area (Å²) in [5.41, 5.74) is 2.02. The molecule has 0 N–H and O–H groups in total. The largest absolute Gasteiger partial charge is 0.277 e. The third-order valence-corrected chi connectivity index (χ3v) is 6.60. The van der Waals surface area contributed by atoms with E-state index in [1.54, 1.807) is 36.4 Å². The number of carbonyl (C=O) groups is 2. The Hall–Kier alpha value is -2.27. The van der Waals surface area contributed by atoms with E-state index in [1.165, 1.54) is 17.0 Å². The van der Waals surface area contributed by atoms with Gasteiger partial charge in [0.1, 0.15) is 5.82 Å². The molecule has 1 aliphatic heterocycles. The molecule has 0 atom stereocenters. The lowest BCUT2D eigenvalue weighted by Gasteiger charge is -2.27. The molecule has 2 amide bonds. The fourth-order valence-corrected chi connectivity index (χ4v) is 5.62. The van der Waals surface area contributed by atoms with Gasteiger partial charge >= 0.3 is 0 Å². The van der Waals surface area contributed by atoms with Crippen LogP contribution in [0.4, 0.5) is 4.39 Å². The van der Waals surface area contributed by atoms with E-state index in [4.69, 9.17) is 0 Å². The van der Waals surface area contributed by atoms with Gasteiger partial charge in [-0.3, -0.25) is 14.5 Å². The van der Waals surface area contributed by atoms with Gasteiger partial charge in [0.25, 0.3) is 11.8 Å². The Morgan fingerprint density at radius 2 is 1.43 bits per heavy atom. The highest BCUT2D eigenvalue weighted by Gasteiger charge is 2.38. The van der Waals surface area contributed by atoms with E-state index in [0.29, 0.717) is 17.3 Å². The molecule has 3 rings (SSSR count). The Labute approximate surface area is 135 Å². The molecular weight excluding hydrogens is 309 g/mol. The maximum Gasteiger partial charge on any atom is 0.261 e. The molecule has 0 radical (unpaired) electrons. The highest BCUT2D eigenvalue weighted by atomic mass is 28.3. The molecule has 118 valence electrons. The first-order valence-electron chi connectivity index (χ1n) is 7.57. The Bertz CT molecular complexity index is 736. The number of nitrogens with zero attached hydrogens (tertiary/aromatic N) is 1. The first kappa shape index (κ1) is 15.6. The van der Waals surface area contributed by atoms with Gasteiger partial charge in [0.05, 0.1) is 19.2 Å². The number of rotatable bonds is 4. The molecule has 0 bridgehead atoms. The molecule has 0 spiro atoms. The molecule has 5 heteroatoms. The molecular formula is C18H18FNO2Si. The highest BCUT2D eigenvalue weighted by Crippen LogP contribution is 2.25. The smallest absolute Gasteiger partial charge is 0.261 e. The van der Waals surface area contributed by atoms with Gasteiger partial charge in [0.15, 0.2) is 0 Å². The van der Waals surface area contributed by atoms with Crippen LogP contribution in [0.2, 0.25) is 13.1 Å². The van der Waals surface area contributed by atoms with Crippen LogP contribution in [0.1, 0.15) is 26.3 Å². The average Bonchev–Trinajstić information content (AvgIpc) is 2.75. The SMILES string of the molecule is C[Si](C)(Cc1ccc(F)cc1)CN1C(=O)c2ccccc2C1=O. The summed E-state index contributed by atoms with van der Waals surface area (Å²) in [5, 5.41) is 0. The fraction of sp³-hybridized carbons (Fsp3) is 0.222. The lowest BCUT2D eigenvalue weighted by Crippen LogP contribution is -2.47. The topological polar surface area (TPSA) is 37.4 Å². The average molecular weight is 327 g/mol. The van der Waals surface area contributed by atoms with Crippen molar-refractivity contribution in [3.05, 3.63) is 71.0 Å². The molecule has 23 heavy (non-hydrogen) atoms. The summed E-state index contributed by atoms with van der Waals surface area (Å²) in [6.07, 6.45) is 0.469. The molecule has 0 fully saturated rings. The van der Waals surface area contributed by atoms with Crippen molar-refractivity contribution in [2.45, 2.75) is 19.1 Å². The van der Waals surface area contributed by atoms with Crippen LogP contribution in [-0.2, 0) is 6.04 Å². The lowest BCUT2D eigenvalue weighted by molar-refractivity contribution is 0.0677. The van der Waals surface area contributed by atoms with Crippen molar-refractivity contribution in [2.24, 2.45) is 0 Å². The second kappa shape index (κ2) is 5.74. The molecule has 1 heterocycles.